The predicted molar refractivity (Wildman–Crippen MR) is 133 cm³/mol. The lowest BCUT2D eigenvalue weighted by atomic mass is 10.0. The van der Waals surface area contributed by atoms with E-state index >= 15 is 0 Å². The van der Waals surface area contributed by atoms with Gasteiger partial charge in [0.15, 0.2) is 5.65 Å². The third-order valence-electron chi connectivity index (χ3n) is 6.09. The van der Waals surface area contributed by atoms with Gasteiger partial charge in [0.25, 0.3) is 5.82 Å². The highest BCUT2D eigenvalue weighted by Gasteiger charge is 2.38. The Labute approximate surface area is 211 Å². The van der Waals surface area contributed by atoms with Gasteiger partial charge in [0, 0.05) is 23.4 Å². The molecule has 0 amide bonds. The molecule has 2 aromatic carbocycles. The highest BCUT2D eigenvalue weighted by molar-refractivity contribution is 5.96. The van der Waals surface area contributed by atoms with E-state index < -0.39 is 12.0 Å². The van der Waals surface area contributed by atoms with Crippen molar-refractivity contribution < 1.29 is 17.9 Å². The Morgan fingerprint density at radius 3 is 2.38 bits per heavy atom. The average Bonchev–Trinajstić information content (AvgIpc) is 3.35. The van der Waals surface area contributed by atoms with Crippen LogP contribution in [0.5, 0.6) is 5.88 Å². The maximum absolute atomic E-state index is 13.4. The van der Waals surface area contributed by atoms with Gasteiger partial charge in [-0.25, -0.2) is 0 Å². The number of benzene rings is 2. The number of halogens is 3. The van der Waals surface area contributed by atoms with E-state index in [1.54, 1.807) is 24.3 Å². The summed E-state index contributed by atoms with van der Waals surface area (Å²) in [5.74, 6) is -1.15. The molecule has 0 bridgehead atoms. The minimum absolute atomic E-state index is 0.0162. The van der Waals surface area contributed by atoms with Crippen LogP contribution < -0.4 is 10.1 Å². The summed E-state index contributed by atoms with van der Waals surface area (Å²) in [6.45, 7) is 2.77. The largest absolute Gasteiger partial charge is 0.470 e. The molecule has 1 atom stereocenters. The Balaban J connectivity index is 1.32. The summed E-state index contributed by atoms with van der Waals surface area (Å²) in [6, 6.07) is 23.1. The van der Waals surface area contributed by atoms with Gasteiger partial charge in [0.05, 0.1) is 11.4 Å². The number of nitrogens with one attached hydrogen (secondary N) is 1. The first-order valence-electron chi connectivity index (χ1n) is 12.0. The fourth-order valence-electron chi connectivity index (χ4n) is 4.19. The number of ether oxygens (including phenoxy) is 1. The Kier molecular flexibility index (Phi) is 7.00. The van der Waals surface area contributed by atoms with Gasteiger partial charge in [-0.3, -0.25) is 4.98 Å². The third-order valence-corrected chi connectivity index (χ3v) is 6.09. The summed E-state index contributed by atoms with van der Waals surface area (Å²) in [6.07, 6.45) is -2.81. The van der Waals surface area contributed by atoms with E-state index in [0.29, 0.717) is 33.6 Å². The molecule has 10 heteroatoms. The zero-order valence-electron chi connectivity index (χ0n) is 20.1. The number of fused-ring (bicyclic) bond motifs is 3. The Morgan fingerprint density at radius 2 is 1.62 bits per heavy atom. The van der Waals surface area contributed by atoms with E-state index in [9.17, 15) is 13.2 Å². The van der Waals surface area contributed by atoms with Gasteiger partial charge in [0.2, 0.25) is 5.88 Å². The lowest BCUT2D eigenvalue weighted by Crippen LogP contribution is -2.30. The lowest BCUT2D eigenvalue weighted by molar-refractivity contribution is -0.146. The van der Waals surface area contributed by atoms with Crippen LogP contribution in [0.15, 0.2) is 72.8 Å². The van der Waals surface area contributed by atoms with Gasteiger partial charge >= 0.3 is 6.18 Å². The maximum Gasteiger partial charge on any atom is 0.453 e. The molecule has 5 aromatic rings. The Hall–Kier alpha value is -4.05. The summed E-state index contributed by atoms with van der Waals surface area (Å²) >= 11 is 0. The fraction of sp³-hybridized carbons (Fsp3) is 0.259. The smallest absolute Gasteiger partial charge is 0.453 e. The van der Waals surface area contributed by atoms with Crippen LogP contribution in [0.1, 0.15) is 36.1 Å². The Bertz CT molecular complexity index is 1500. The highest BCUT2D eigenvalue weighted by Crippen LogP contribution is 2.32. The molecule has 0 aliphatic carbocycles. The maximum atomic E-state index is 13.4. The van der Waals surface area contributed by atoms with Crippen LogP contribution in [0.4, 0.5) is 13.2 Å². The second-order valence-electron chi connectivity index (χ2n) is 8.69. The van der Waals surface area contributed by atoms with E-state index in [0.717, 1.165) is 18.5 Å². The molecular formula is C27H25F3N6O. The van der Waals surface area contributed by atoms with Gasteiger partial charge in [-0.1, -0.05) is 61.5 Å². The van der Waals surface area contributed by atoms with Gasteiger partial charge in [-0.05, 0) is 36.6 Å². The van der Waals surface area contributed by atoms with Crippen molar-refractivity contribution in [3.05, 3.63) is 95.6 Å². The SMILES string of the molecule is CCC(Cc1ccccc1)NCc1cccc(COc2nn3c(C(F)(F)F)nnc3c3ccccc23)n1. The molecule has 37 heavy (non-hydrogen) atoms. The van der Waals surface area contributed by atoms with Crippen molar-refractivity contribution >= 4 is 16.4 Å². The third kappa shape index (κ3) is 5.54. The van der Waals surface area contributed by atoms with Gasteiger partial charge in [-0.2, -0.15) is 17.7 Å². The quantitative estimate of drug-likeness (QED) is 0.289. The molecule has 3 aromatic heterocycles. The highest BCUT2D eigenvalue weighted by atomic mass is 19.4. The zero-order valence-corrected chi connectivity index (χ0v) is 20.1. The summed E-state index contributed by atoms with van der Waals surface area (Å²) in [5.41, 5.74) is 2.78. The summed E-state index contributed by atoms with van der Waals surface area (Å²) in [5, 5.41) is 15.7. The Morgan fingerprint density at radius 1 is 0.892 bits per heavy atom. The van der Waals surface area contributed by atoms with Crippen LogP contribution in [0.2, 0.25) is 0 Å². The molecule has 0 aliphatic heterocycles. The minimum atomic E-state index is -4.70. The van der Waals surface area contributed by atoms with Gasteiger partial charge in [0.1, 0.15) is 6.61 Å². The van der Waals surface area contributed by atoms with Crippen LogP contribution in [0, 0.1) is 0 Å². The second kappa shape index (κ2) is 10.5. The molecule has 1 unspecified atom stereocenters. The number of rotatable bonds is 9. The molecule has 0 radical (unpaired) electrons. The molecular weight excluding hydrogens is 481 g/mol. The van der Waals surface area contributed by atoms with Crippen LogP contribution in [-0.4, -0.2) is 30.8 Å². The second-order valence-corrected chi connectivity index (χ2v) is 8.69. The first kappa shape index (κ1) is 24.6. The van der Waals surface area contributed by atoms with Crippen LogP contribution in [0.25, 0.3) is 16.4 Å². The number of aromatic nitrogens is 5. The van der Waals surface area contributed by atoms with Crippen molar-refractivity contribution in [3.8, 4) is 5.88 Å². The first-order chi connectivity index (χ1) is 17.9. The molecule has 0 saturated heterocycles. The topological polar surface area (TPSA) is 77.2 Å². The summed E-state index contributed by atoms with van der Waals surface area (Å²) in [7, 11) is 0. The van der Waals surface area contributed by atoms with Crippen molar-refractivity contribution in [2.75, 3.05) is 0 Å². The fourth-order valence-corrected chi connectivity index (χ4v) is 4.19. The molecule has 0 fully saturated rings. The average molecular weight is 507 g/mol. The van der Waals surface area contributed by atoms with E-state index in [2.05, 4.69) is 44.7 Å². The number of hydrogen-bond donors (Lipinski definition) is 1. The number of pyridine rings is 1. The number of nitrogens with zero attached hydrogens (tertiary/aromatic N) is 5. The normalized spacial score (nSPS) is 12.8. The zero-order chi connectivity index (χ0) is 25.8. The van der Waals surface area contributed by atoms with E-state index in [1.165, 1.54) is 5.56 Å². The predicted octanol–water partition coefficient (Wildman–Crippen LogP) is 5.38. The van der Waals surface area contributed by atoms with E-state index in [-0.39, 0.29) is 18.1 Å². The minimum Gasteiger partial charge on any atom is -0.470 e. The molecule has 3 heterocycles. The molecule has 5 rings (SSSR count). The molecule has 0 spiro atoms. The van der Waals surface area contributed by atoms with Crippen molar-refractivity contribution in [1.82, 2.24) is 30.1 Å². The van der Waals surface area contributed by atoms with Crippen molar-refractivity contribution in [1.29, 1.82) is 0 Å². The summed E-state index contributed by atoms with van der Waals surface area (Å²) in [4.78, 5) is 4.66. The molecule has 0 aliphatic rings. The first-order valence-corrected chi connectivity index (χ1v) is 12.0. The van der Waals surface area contributed by atoms with Crippen molar-refractivity contribution in [2.45, 2.75) is 45.1 Å². The summed E-state index contributed by atoms with van der Waals surface area (Å²) < 4.78 is 46.9. The van der Waals surface area contributed by atoms with Crippen LogP contribution >= 0.6 is 0 Å². The van der Waals surface area contributed by atoms with E-state index in [4.69, 9.17) is 4.74 Å². The van der Waals surface area contributed by atoms with Gasteiger partial charge in [-0.15, -0.1) is 15.3 Å². The van der Waals surface area contributed by atoms with Gasteiger partial charge < -0.3 is 10.1 Å². The molecule has 1 N–H and O–H groups in total. The van der Waals surface area contributed by atoms with Crippen molar-refractivity contribution in [2.24, 2.45) is 0 Å². The van der Waals surface area contributed by atoms with E-state index in [1.807, 2.05) is 36.4 Å². The van der Waals surface area contributed by atoms with Crippen LogP contribution in [0.3, 0.4) is 0 Å². The molecule has 190 valence electrons. The number of hydrogen-bond acceptors (Lipinski definition) is 6. The van der Waals surface area contributed by atoms with Crippen LogP contribution in [-0.2, 0) is 25.7 Å². The lowest BCUT2D eigenvalue weighted by Gasteiger charge is -2.17. The standard InChI is InChI=1S/C27H25F3N6O/c1-2-19(15-18-9-4-3-5-10-18)31-16-20-11-8-12-21(32-20)17-37-25-23-14-7-6-13-22(23)24-33-34-26(27(28,29)30)36(24)35-25/h3-14,19,31H,2,15-17H2,1H3. The molecule has 0 saturated carbocycles. The number of alkyl halides is 3. The monoisotopic (exact) mass is 506 g/mol. The van der Waals surface area contributed by atoms with Crippen molar-refractivity contribution in [3.63, 3.8) is 0 Å². The molecule has 7 nitrogen and oxygen atoms in total.